The van der Waals surface area contributed by atoms with Crippen LogP contribution in [0, 0.1) is 0 Å². The van der Waals surface area contributed by atoms with Gasteiger partial charge in [0.1, 0.15) is 0 Å². The summed E-state index contributed by atoms with van der Waals surface area (Å²) in [6.45, 7) is 1.74. The minimum absolute atomic E-state index is 0.140. The van der Waals surface area contributed by atoms with E-state index >= 15 is 0 Å². The zero-order valence-electron chi connectivity index (χ0n) is 15.4. The van der Waals surface area contributed by atoms with Crippen molar-refractivity contribution < 1.29 is 24.2 Å². The second-order valence-electron chi connectivity index (χ2n) is 5.94. The Morgan fingerprint density at radius 3 is 2.32 bits per heavy atom. The predicted octanol–water partition coefficient (Wildman–Crippen LogP) is 3.97. The van der Waals surface area contributed by atoms with Crippen molar-refractivity contribution in [2.24, 2.45) is 5.10 Å². The summed E-state index contributed by atoms with van der Waals surface area (Å²) in [4.78, 5) is 23.9. The van der Waals surface area contributed by atoms with Crippen molar-refractivity contribution in [3.05, 3.63) is 57.6 Å². The van der Waals surface area contributed by atoms with Gasteiger partial charge < -0.3 is 14.6 Å². The normalized spacial score (nSPS) is 15.0. The molecule has 2 aromatic rings. The fourth-order valence-corrected chi connectivity index (χ4v) is 3.18. The van der Waals surface area contributed by atoms with Gasteiger partial charge in [-0.1, -0.05) is 15.9 Å². The van der Waals surface area contributed by atoms with Crippen molar-refractivity contribution in [3.8, 4) is 11.5 Å². The molecule has 0 saturated carbocycles. The standard InChI is InChI=1S/C20H17BrN2O5/c1-11-15(8-13-9-17(27-2)18(28-3)10-16(13)21)19(24)23(22-11)14-6-4-12(5-7-14)20(25)26/h4-10H,1-3H3,(H,25,26)/b15-8-. The maximum atomic E-state index is 12.9. The van der Waals surface area contributed by atoms with Crippen LogP contribution in [0.5, 0.6) is 11.5 Å². The van der Waals surface area contributed by atoms with Crippen LogP contribution in [-0.4, -0.2) is 36.9 Å². The molecule has 0 bridgehead atoms. The van der Waals surface area contributed by atoms with Gasteiger partial charge in [-0.25, -0.2) is 4.79 Å². The molecule has 0 fully saturated rings. The van der Waals surface area contributed by atoms with E-state index in [2.05, 4.69) is 21.0 Å². The van der Waals surface area contributed by atoms with Gasteiger partial charge >= 0.3 is 5.97 Å². The molecule has 0 atom stereocenters. The number of nitrogens with zero attached hydrogens (tertiary/aromatic N) is 2. The Kier molecular flexibility index (Phi) is 5.51. The summed E-state index contributed by atoms with van der Waals surface area (Å²) in [5.41, 5.74) is 2.34. The molecule has 7 nitrogen and oxygen atoms in total. The number of carboxylic acids is 1. The lowest BCUT2D eigenvalue weighted by molar-refractivity contribution is -0.114. The zero-order chi connectivity index (χ0) is 20.4. The van der Waals surface area contributed by atoms with Gasteiger partial charge in [0.15, 0.2) is 11.5 Å². The van der Waals surface area contributed by atoms with Crippen LogP contribution in [0.4, 0.5) is 5.69 Å². The molecule has 28 heavy (non-hydrogen) atoms. The molecule has 0 saturated heterocycles. The third-order valence-corrected chi connectivity index (χ3v) is 4.91. The molecule has 0 spiro atoms. The van der Waals surface area contributed by atoms with E-state index in [1.807, 2.05) is 0 Å². The van der Waals surface area contributed by atoms with Crippen molar-refractivity contribution in [3.63, 3.8) is 0 Å². The van der Waals surface area contributed by atoms with E-state index in [1.165, 1.54) is 17.1 Å². The molecular weight excluding hydrogens is 428 g/mol. The lowest BCUT2D eigenvalue weighted by Crippen LogP contribution is -2.21. The zero-order valence-corrected chi connectivity index (χ0v) is 17.0. The first-order chi connectivity index (χ1) is 13.3. The Morgan fingerprint density at radius 1 is 1.14 bits per heavy atom. The Bertz CT molecular complexity index is 1010. The van der Waals surface area contributed by atoms with Crippen molar-refractivity contribution >= 4 is 45.3 Å². The van der Waals surface area contributed by atoms with Crippen LogP contribution >= 0.6 is 15.9 Å². The summed E-state index contributed by atoms with van der Waals surface area (Å²) in [6.07, 6.45) is 1.72. The number of hydrazone groups is 1. The molecule has 1 amide bonds. The molecule has 1 aliphatic heterocycles. The Morgan fingerprint density at radius 2 is 1.75 bits per heavy atom. The Hall–Kier alpha value is -3.13. The predicted molar refractivity (Wildman–Crippen MR) is 109 cm³/mol. The van der Waals surface area contributed by atoms with Gasteiger partial charge in [-0.15, -0.1) is 0 Å². The van der Waals surface area contributed by atoms with E-state index in [1.54, 1.807) is 51.5 Å². The second-order valence-corrected chi connectivity index (χ2v) is 6.80. The number of amides is 1. The molecule has 1 heterocycles. The highest BCUT2D eigenvalue weighted by atomic mass is 79.9. The summed E-state index contributed by atoms with van der Waals surface area (Å²) >= 11 is 3.48. The maximum Gasteiger partial charge on any atom is 0.335 e. The summed E-state index contributed by atoms with van der Waals surface area (Å²) in [5.74, 6) is -0.223. The summed E-state index contributed by atoms with van der Waals surface area (Å²) in [6, 6.07) is 9.49. The SMILES string of the molecule is COc1cc(Br)c(/C=C2\C(=O)N(c3ccc(C(=O)O)cc3)N=C2C)cc1OC. The largest absolute Gasteiger partial charge is 0.493 e. The summed E-state index contributed by atoms with van der Waals surface area (Å²) in [5, 5.41) is 14.6. The number of rotatable bonds is 5. The van der Waals surface area contributed by atoms with Gasteiger partial charge in [0.25, 0.3) is 5.91 Å². The number of hydrogen-bond acceptors (Lipinski definition) is 5. The first-order valence-electron chi connectivity index (χ1n) is 8.22. The van der Waals surface area contributed by atoms with Gasteiger partial charge in [-0.05, 0) is 55.0 Å². The molecule has 0 unspecified atom stereocenters. The molecule has 3 rings (SSSR count). The van der Waals surface area contributed by atoms with E-state index in [-0.39, 0.29) is 11.5 Å². The number of halogens is 1. The first kappa shape index (κ1) is 19.6. The monoisotopic (exact) mass is 444 g/mol. The van der Waals surface area contributed by atoms with E-state index in [0.29, 0.717) is 28.5 Å². The third-order valence-electron chi connectivity index (χ3n) is 4.22. The smallest absolute Gasteiger partial charge is 0.335 e. The van der Waals surface area contributed by atoms with E-state index in [4.69, 9.17) is 14.6 Å². The highest BCUT2D eigenvalue weighted by Crippen LogP contribution is 2.35. The first-order valence-corrected chi connectivity index (χ1v) is 9.01. The Balaban J connectivity index is 1.96. The average Bonchev–Trinajstić information content (AvgIpc) is 2.97. The number of carboxylic acid groups (broad SMARTS) is 1. The summed E-state index contributed by atoms with van der Waals surface area (Å²) < 4.78 is 11.3. The molecular formula is C20H17BrN2O5. The quantitative estimate of drug-likeness (QED) is 0.704. The van der Waals surface area contributed by atoms with Gasteiger partial charge in [-0.3, -0.25) is 4.79 Å². The topological polar surface area (TPSA) is 88.4 Å². The van der Waals surface area contributed by atoms with Gasteiger partial charge in [0.2, 0.25) is 0 Å². The van der Waals surface area contributed by atoms with Crippen molar-refractivity contribution in [2.45, 2.75) is 6.92 Å². The lowest BCUT2D eigenvalue weighted by atomic mass is 10.1. The number of aromatic carboxylic acids is 1. The number of ether oxygens (including phenoxy) is 2. The molecule has 0 aromatic heterocycles. The number of hydrogen-bond donors (Lipinski definition) is 1. The maximum absolute atomic E-state index is 12.9. The van der Waals surface area contributed by atoms with E-state index in [9.17, 15) is 9.59 Å². The van der Waals surface area contributed by atoms with Crippen molar-refractivity contribution in [1.29, 1.82) is 0 Å². The minimum Gasteiger partial charge on any atom is -0.493 e. The van der Waals surface area contributed by atoms with Crippen LogP contribution in [0.25, 0.3) is 6.08 Å². The van der Waals surface area contributed by atoms with Crippen LogP contribution in [0.1, 0.15) is 22.8 Å². The molecule has 1 aliphatic rings. The van der Waals surface area contributed by atoms with Crippen LogP contribution in [0.2, 0.25) is 0 Å². The average molecular weight is 445 g/mol. The van der Waals surface area contributed by atoms with Crippen molar-refractivity contribution in [2.75, 3.05) is 19.2 Å². The van der Waals surface area contributed by atoms with E-state index in [0.717, 1.165) is 10.0 Å². The van der Waals surface area contributed by atoms with Gasteiger partial charge in [0, 0.05) is 4.47 Å². The number of carbonyl (C=O) groups excluding carboxylic acids is 1. The van der Waals surface area contributed by atoms with E-state index < -0.39 is 5.97 Å². The van der Waals surface area contributed by atoms with Crippen LogP contribution in [0.15, 0.2) is 51.5 Å². The lowest BCUT2D eigenvalue weighted by Gasteiger charge is -2.12. The number of carbonyl (C=O) groups is 2. The van der Waals surface area contributed by atoms with Crippen LogP contribution in [0.3, 0.4) is 0 Å². The molecule has 0 aliphatic carbocycles. The Labute approximate surface area is 170 Å². The molecule has 8 heteroatoms. The molecule has 0 radical (unpaired) electrons. The molecule has 144 valence electrons. The highest BCUT2D eigenvalue weighted by Gasteiger charge is 2.29. The highest BCUT2D eigenvalue weighted by molar-refractivity contribution is 9.10. The molecule has 2 aromatic carbocycles. The van der Waals surface area contributed by atoms with Crippen LogP contribution < -0.4 is 14.5 Å². The van der Waals surface area contributed by atoms with Gasteiger partial charge in [0.05, 0.1) is 36.8 Å². The minimum atomic E-state index is -1.03. The summed E-state index contributed by atoms with van der Waals surface area (Å²) in [7, 11) is 3.09. The van der Waals surface area contributed by atoms with Gasteiger partial charge in [-0.2, -0.15) is 10.1 Å². The second kappa shape index (κ2) is 7.85. The van der Waals surface area contributed by atoms with Crippen LogP contribution in [-0.2, 0) is 4.79 Å². The number of anilines is 1. The third kappa shape index (κ3) is 3.63. The fraction of sp³-hybridized carbons (Fsp3) is 0.150. The fourth-order valence-electron chi connectivity index (χ4n) is 2.74. The van der Waals surface area contributed by atoms with Crippen molar-refractivity contribution in [1.82, 2.24) is 0 Å². The molecule has 1 N–H and O–H groups in total. The number of methoxy groups -OCH3 is 2. The number of benzene rings is 2.